The van der Waals surface area contributed by atoms with Gasteiger partial charge in [-0.25, -0.2) is 9.78 Å². The van der Waals surface area contributed by atoms with Crippen LogP contribution in [0.5, 0.6) is 11.5 Å². The Labute approximate surface area is 168 Å². The van der Waals surface area contributed by atoms with Gasteiger partial charge in [0.05, 0.1) is 32.1 Å². The van der Waals surface area contributed by atoms with Crippen molar-refractivity contribution in [1.82, 2.24) is 10.3 Å². The van der Waals surface area contributed by atoms with E-state index in [0.29, 0.717) is 23.7 Å². The molecule has 0 aliphatic heterocycles. The number of aromatic nitrogens is 1. The third-order valence-corrected chi connectivity index (χ3v) is 5.52. The maximum absolute atomic E-state index is 12.4. The summed E-state index contributed by atoms with van der Waals surface area (Å²) in [5.74, 6) is 1.04. The zero-order valence-electron chi connectivity index (χ0n) is 16.3. The molecule has 0 unspecified atom stereocenters. The molecule has 2 aromatic carbocycles. The van der Waals surface area contributed by atoms with Gasteiger partial charge < -0.3 is 20.1 Å². The number of nitrogens with zero attached hydrogens (tertiary/aromatic N) is 1. The number of methoxy groups -OCH3 is 2. The number of carbonyl (C=O) groups is 1. The van der Waals surface area contributed by atoms with Crippen LogP contribution < -0.4 is 20.1 Å². The average Bonchev–Trinajstić information content (AvgIpc) is 3.06. The second-order valence-electron chi connectivity index (χ2n) is 6.19. The van der Waals surface area contributed by atoms with Crippen molar-refractivity contribution in [3.05, 3.63) is 58.6 Å². The summed E-state index contributed by atoms with van der Waals surface area (Å²) in [5, 5.41) is 6.64. The Bertz CT molecular complexity index is 985. The van der Waals surface area contributed by atoms with Crippen LogP contribution in [0.15, 0.2) is 42.5 Å². The number of nitrogens with one attached hydrogen (secondary N) is 2. The van der Waals surface area contributed by atoms with Crippen molar-refractivity contribution in [1.29, 1.82) is 0 Å². The highest BCUT2D eigenvalue weighted by molar-refractivity contribution is 7.15. The predicted molar refractivity (Wildman–Crippen MR) is 112 cm³/mol. The minimum atomic E-state index is -0.322. The van der Waals surface area contributed by atoms with Crippen LogP contribution in [0.25, 0.3) is 10.6 Å². The van der Waals surface area contributed by atoms with E-state index < -0.39 is 0 Å². The third kappa shape index (κ3) is 4.26. The molecule has 28 heavy (non-hydrogen) atoms. The first kappa shape index (κ1) is 19.7. The van der Waals surface area contributed by atoms with E-state index in [-0.39, 0.29) is 6.03 Å². The van der Waals surface area contributed by atoms with Gasteiger partial charge >= 0.3 is 6.03 Å². The smallest absolute Gasteiger partial charge is 0.319 e. The fraction of sp³-hybridized carbons (Fsp3) is 0.238. The van der Waals surface area contributed by atoms with E-state index in [1.807, 2.05) is 19.1 Å². The lowest BCUT2D eigenvalue weighted by Crippen LogP contribution is -2.28. The van der Waals surface area contributed by atoms with Crippen LogP contribution in [0.4, 0.5) is 10.5 Å². The van der Waals surface area contributed by atoms with E-state index in [4.69, 9.17) is 9.47 Å². The number of para-hydroxylation sites is 1. The van der Waals surface area contributed by atoms with Crippen molar-refractivity contribution in [2.75, 3.05) is 19.5 Å². The van der Waals surface area contributed by atoms with Crippen LogP contribution >= 0.6 is 11.3 Å². The highest BCUT2D eigenvalue weighted by Crippen LogP contribution is 2.34. The van der Waals surface area contributed by atoms with E-state index in [1.165, 1.54) is 12.7 Å². The lowest BCUT2D eigenvalue weighted by molar-refractivity contribution is 0.251. The molecule has 0 bridgehead atoms. The summed E-state index contributed by atoms with van der Waals surface area (Å²) in [6.45, 7) is 4.42. The predicted octanol–water partition coefficient (Wildman–Crippen LogP) is 4.77. The number of carbonyl (C=O) groups excluding carboxylic acids is 1. The van der Waals surface area contributed by atoms with Gasteiger partial charge in [-0.15, -0.1) is 11.3 Å². The van der Waals surface area contributed by atoms with Crippen LogP contribution in [0.3, 0.4) is 0 Å². The second kappa shape index (κ2) is 8.75. The summed E-state index contributed by atoms with van der Waals surface area (Å²) >= 11 is 1.59. The molecule has 3 aromatic rings. The van der Waals surface area contributed by atoms with Gasteiger partial charge in [0.15, 0.2) is 11.5 Å². The van der Waals surface area contributed by atoms with Gasteiger partial charge in [0.25, 0.3) is 0 Å². The number of rotatable bonds is 6. The maximum atomic E-state index is 12.4. The first-order chi connectivity index (χ1) is 13.5. The summed E-state index contributed by atoms with van der Waals surface area (Å²) in [7, 11) is 3.09. The lowest BCUT2D eigenvalue weighted by Gasteiger charge is -2.13. The van der Waals surface area contributed by atoms with Crippen molar-refractivity contribution in [3.63, 3.8) is 0 Å². The molecule has 146 valence electrons. The number of anilines is 1. The van der Waals surface area contributed by atoms with Gasteiger partial charge in [-0.2, -0.15) is 0 Å². The van der Waals surface area contributed by atoms with Gasteiger partial charge in [-0.05, 0) is 31.5 Å². The molecule has 0 saturated heterocycles. The molecule has 0 atom stereocenters. The van der Waals surface area contributed by atoms with E-state index >= 15 is 0 Å². The molecule has 6 nitrogen and oxygen atoms in total. The van der Waals surface area contributed by atoms with Crippen LogP contribution in [-0.4, -0.2) is 25.2 Å². The van der Waals surface area contributed by atoms with Crippen molar-refractivity contribution in [2.45, 2.75) is 20.4 Å². The van der Waals surface area contributed by atoms with Crippen molar-refractivity contribution in [2.24, 2.45) is 0 Å². The Balaban J connectivity index is 1.68. The minimum absolute atomic E-state index is 0.322. The van der Waals surface area contributed by atoms with Gasteiger partial charge in [-0.3, -0.25) is 0 Å². The zero-order chi connectivity index (χ0) is 20.1. The molecule has 2 amide bonds. The molecule has 3 rings (SSSR count). The Morgan fingerprint density at radius 3 is 2.57 bits per heavy atom. The highest BCUT2D eigenvalue weighted by atomic mass is 32.1. The van der Waals surface area contributed by atoms with E-state index in [2.05, 4.69) is 34.7 Å². The number of aryl methyl sites for hydroxylation is 2. The van der Waals surface area contributed by atoms with Crippen LogP contribution in [0.2, 0.25) is 0 Å². The zero-order valence-corrected chi connectivity index (χ0v) is 17.1. The van der Waals surface area contributed by atoms with Gasteiger partial charge in [0, 0.05) is 10.4 Å². The van der Waals surface area contributed by atoms with Crippen molar-refractivity contribution >= 4 is 23.1 Å². The van der Waals surface area contributed by atoms with Gasteiger partial charge in [-0.1, -0.05) is 30.3 Å². The fourth-order valence-corrected chi connectivity index (χ4v) is 3.93. The minimum Gasteiger partial charge on any atom is -0.493 e. The monoisotopic (exact) mass is 397 g/mol. The van der Waals surface area contributed by atoms with Gasteiger partial charge in [0.1, 0.15) is 5.01 Å². The van der Waals surface area contributed by atoms with Crippen LogP contribution in [-0.2, 0) is 6.54 Å². The maximum Gasteiger partial charge on any atom is 0.319 e. The summed E-state index contributed by atoms with van der Waals surface area (Å²) in [5.41, 5.74) is 3.76. The lowest BCUT2D eigenvalue weighted by atomic mass is 10.1. The molecule has 1 aromatic heterocycles. The molecular formula is C21H23N3O3S. The molecule has 1 heterocycles. The van der Waals surface area contributed by atoms with E-state index in [0.717, 1.165) is 21.1 Å². The molecule has 0 saturated carbocycles. The Hall–Kier alpha value is -3.06. The Kier molecular flexibility index (Phi) is 6.16. The summed E-state index contributed by atoms with van der Waals surface area (Å²) < 4.78 is 10.6. The van der Waals surface area contributed by atoms with Crippen LogP contribution in [0.1, 0.15) is 16.1 Å². The molecule has 0 spiro atoms. The Morgan fingerprint density at radius 1 is 1.07 bits per heavy atom. The second-order valence-corrected chi connectivity index (χ2v) is 7.27. The highest BCUT2D eigenvalue weighted by Gasteiger charge is 2.14. The summed E-state index contributed by atoms with van der Waals surface area (Å²) in [4.78, 5) is 18.0. The van der Waals surface area contributed by atoms with Crippen LogP contribution in [0, 0.1) is 13.8 Å². The fourth-order valence-electron chi connectivity index (χ4n) is 2.83. The number of hydrogen-bond acceptors (Lipinski definition) is 5. The largest absolute Gasteiger partial charge is 0.493 e. The summed E-state index contributed by atoms with van der Waals surface area (Å²) in [6.07, 6.45) is 0. The summed E-state index contributed by atoms with van der Waals surface area (Å²) in [6, 6.07) is 13.1. The first-order valence-electron chi connectivity index (χ1n) is 8.81. The number of hydrogen-bond donors (Lipinski definition) is 2. The number of benzene rings is 2. The Morgan fingerprint density at radius 2 is 1.86 bits per heavy atom. The molecule has 0 aliphatic carbocycles. The molecule has 0 aliphatic rings. The average molecular weight is 398 g/mol. The number of ether oxygens (including phenoxy) is 2. The molecule has 7 heteroatoms. The van der Waals surface area contributed by atoms with Gasteiger partial charge in [0.2, 0.25) is 0 Å². The van der Waals surface area contributed by atoms with Crippen molar-refractivity contribution in [3.8, 4) is 22.1 Å². The molecular weight excluding hydrogens is 374 g/mol. The molecule has 0 fully saturated rings. The third-order valence-electron chi connectivity index (χ3n) is 4.33. The normalized spacial score (nSPS) is 10.4. The number of thiazole rings is 1. The quantitative estimate of drug-likeness (QED) is 0.629. The molecule has 0 radical (unpaired) electrons. The number of amides is 2. The van der Waals surface area contributed by atoms with E-state index in [1.54, 1.807) is 36.6 Å². The SMILES string of the molecule is COc1cccc(NC(=O)NCc2sc(-c3ccccc3C)nc2C)c1OC. The van der Waals surface area contributed by atoms with E-state index in [9.17, 15) is 4.79 Å². The first-order valence-corrected chi connectivity index (χ1v) is 9.63. The molecule has 2 N–H and O–H groups in total. The topological polar surface area (TPSA) is 72.5 Å². The number of urea groups is 1. The van der Waals surface area contributed by atoms with Crippen molar-refractivity contribution < 1.29 is 14.3 Å². The standard InChI is InChI=1S/C21H23N3O3S/c1-13-8-5-6-9-15(13)20-23-14(2)18(28-20)12-22-21(25)24-16-10-7-11-17(26-3)19(16)27-4/h5-11H,12H2,1-4H3,(H2,22,24,25).